The Morgan fingerprint density at radius 3 is 2.33 bits per heavy atom. The van der Waals surface area contributed by atoms with Crippen molar-refractivity contribution in [2.24, 2.45) is 0 Å². The number of piperazine rings is 1. The molecule has 0 spiro atoms. The fourth-order valence-electron chi connectivity index (χ4n) is 4.27. The zero-order chi connectivity index (χ0) is 17.5. The fourth-order valence-corrected chi connectivity index (χ4v) is 4.27. The minimum Gasteiger partial charge on any atom is -0.437 e. The fraction of sp³-hybridized carbons (Fsp3) is 0.929. The van der Waals surface area contributed by atoms with Crippen LogP contribution in [0.15, 0.2) is 0 Å². The summed E-state index contributed by atoms with van der Waals surface area (Å²) >= 11 is 0. The number of amides is 1. The van der Waals surface area contributed by atoms with E-state index in [2.05, 4.69) is 4.90 Å². The zero-order valence-electron chi connectivity index (χ0n) is 13.7. The average Bonchev–Trinajstić information content (AvgIpc) is 3.05. The maximum absolute atomic E-state index is 13.1. The highest BCUT2D eigenvalue weighted by molar-refractivity contribution is 6.45. The smallest absolute Gasteiger partial charge is 0.437 e. The maximum Gasteiger partial charge on any atom is 0.471 e. The van der Waals surface area contributed by atoms with Crippen molar-refractivity contribution in [3.63, 3.8) is 0 Å². The number of ether oxygens (including phenoxy) is 1. The summed E-state index contributed by atoms with van der Waals surface area (Å²) < 4.78 is 44.8. The molecule has 0 bridgehead atoms. The highest BCUT2D eigenvalue weighted by Gasteiger charge is 2.54. The van der Waals surface area contributed by atoms with Gasteiger partial charge in [-0.25, -0.2) is 0 Å². The first-order valence-electron chi connectivity index (χ1n) is 8.44. The van der Waals surface area contributed by atoms with Crippen LogP contribution in [-0.4, -0.2) is 96.3 Å². The van der Waals surface area contributed by atoms with Crippen molar-refractivity contribution in [3.05, 3.63) is 0 Å². The molecule has 1 amide bonds. The summed E-state index contributed by atoms with van der Waals surface area (Å²) in [6.07, 6.45) is -2.88. The van der Waals surface area contributed by atoms with Gasteiger partial charge in [-0.15, -0.1) is 0 Å². The summed E-state index contributed by atoms with van der Waals surface area (Å²) in [5.41, 5.74) is 0. The van der Waals surface area contributed by atoms with Crippen LogP contribution in [0.3, 0.4) is 0 Å². The van der Waals surface area contributed by atoms with Gasteiger partial charge in [0, 0.05) is 19.1 Å². The zero-order valence-corrected chi connectivity index (χ0v) is 13.7. The second-order valence-corrected chi connectivity index (χ2v) is 6.77. The summed E-state index contributed by atoms with van der Waals surface area (Å²) in [5, 5.41) is 9.98. The topological polar surface area (TPSA) is 56.3 Å². The number of halogens is 3. The number of hydrogen-bond acceptors (Lipinski definition) is 5. The predicted octanol–water partition coefficient (Wildman–Crippen LogP) is 0.0350. The van der Waals surface area contributed by atoms with Gasteiger partial charge in [0.25, 0.3) is 0 Å². The lowest BCUT2D eigenvalue weighted by Gasteiger charge is -2.54. The first-order valence-corrected chi connectivity index (χ1v) is 8.44. The summed E-state index contributed by atoms with van der Waals surface area (Å²) in [6.45, 7) is 3.92. The first-order chi connectivity index (χ1) is 11.3. The van der Waals surface area contributed by atoms with E-state index in [1.54, 1.807) is 11.6 Å². The highest BCUT2D eigenvalue weighted by Crippen LogP contribution is 2.32. The van der Waals surface area contributed by atoms with Crippen LogP contribution in [0.1, 0.15) is 12.8 Å². The van der Waals surface area contributed by atoms with Gasteiger partial charge in [0.05, 0.1) is 25.3 Å². The third kappa shape index (κ3) is 3.29. The predicted molar refractivity (Wildman–Crippen MR) is 81.3 cm³/mol. The number of carbonyl (C=O) groups excluding carboxylic acids is 1. The van der Waals surface area contributed by atoms with Gasteiger partial charge in [-0.3, -0.25) is 9.69 Å². The molecule has 0 aliphatic carbocycles. The SMILES string of the molecule is CB(O)N1CCN(C(=O)C(F)(F)F)[C@H]2[C@H]1COC[C@@H]2N1CCCC1. The lowest BCUT2D eigenvalue weighted by atomic mass is 9.78. The van der Waals surface area contributed by atoms with Crippen molar-refractivity contribution in [1.82, 2.24) is 14.6 Å². The molecule has 0 aromatic carbocycles. The molecule has 10 heteroatoms. The molecule has 3 rings (SSSR count). The largest absolute Gasteiger partial charge is 0.471 e. The summed E-state index contributed by atoms with van der Waals surface area (Å²) in [6, 6.07) is -1.31. The van der Waals surface area contributed by atoms with Crippen LogP contribution in [-0.2, 0) is 9.53 Å². The Balaban J connectivity index is 1.90. The Kier molecular flexibility index (Phi) is 5.10. The molecular weight excluding hydrogens is 326 g/mol. The highest BCUT2D eigenvalue weighted by atomic mass is 19.4. The first kappa shape index (κ1) is 18.0. The quantitative estimate of drug-likeness (QED) is 0.714. The van der Waals surface area contributed by atoms with Crippen molar-refractivity contribution in [2.45, 2.75) is 44.0 Å². The Bertz CT molecular complexity index is 468. The Labute approximate surface area is 139 Å². The number of carbonyl (C=O) groups is 1. The number of likely N-dealkylation sites (tertiary alicyclic amines) is 1. The van der Waals surface area contributed by atoms with Crippen LogP contribution in [0.5, 0.6) is 0 Å². The van der Waals surface area contributed by atoms with E-state index >= 15 is 0 Å². The van der Waals surface area contributed by atoms with Gasteiger partial charge in [-0.2, -0.15) is 13.2 Å². The van der Waals surface area contributed by atoms with Crippen LogP contribution in [0.4, 0.5) is 13.2 Å². The van der Waals surface area contributed by atoms with E-state index in [0.717, 1.165) is 30.8 Å². The Hall–Kier alpha value is -0.835. The van der Waals surface area contributed by atoms with Gasteiger partial charge < -0.3 is 19.5 Å². The molecule has 3 saturated heterocycles. The van der Waals surface area contributed by atoms with Gasteiger partial charge in [0.1, 0.15) is 0 Å². The molecule has 0 aromatic rings. The number of rotatable bonds is 2. The number of fused-ring (bicyclic) bond motifs is 1. The van der Waals surface area contributed by atoms with Crippen molar-refractivity contribution < 1.29 is 27.7 Å². The van der Waals surface area contributed by atoms with E-state index in [9.17, 15) is 23.0 Å². The van der Waals surface area contributed by atoms with Crippen LogP contribution < -0.4 is 0 Å². The molecule has 0 radical (unpaired) electrons. The Morgan fingerprint density at radius 1 is 1.12 bits per heavy atom. The number of alkyl halides is 3. The van der Waals surface area contributed by atoms with Gasteiger partial charge in [-0.1, -0.05) is 0 Å². The molecule has 1 N–H and O–H groups in total. The van der Waals surface area contributed by atoms with Crippen LogP contribution in [0, 0.1) is 0 Å². The van der Waals surface area contributed by atoms with E-state index < -0.39 is 31.2 Å². The van der Waals surface area contributed by atoms with E-state index in [1.165, 1.54) is 0 Å². The molecule has 0 saturated carbocycles. The van der Waals surface area contributed by atoms with E-state index in [1.807, 2.05) is 0 Å². The van der Waals surface area contributed by atoms with Crippen LogP contribution in [0.2, 0.25) is 6.82 Å². The molecule has 3 aliphatic heterocycles. The third-order valence-electron chi connectivity index (χ3n) is 5.34. The average molecular weight is 349 g/mol. The van der Waals surface area contributed by atoms with Gasteiger partial charge in [0.15, 0.2) is 0 Å². The Morgan fingerprint density at radius 2 is 1.75 bits per heavy atom. The van der Waals surface area contributed by atoms with Crippen LogP contribution >= 0.6 is 0 Å². The van der Waals surface area contributed by atoms with Gasteiger partial charge >= 0.3 is 19.1 Å². The third-order valence-corrected chi connectivity index (χ3v) is 5.34. The number of nitrogens with zero attached hydrogens (tertiary/aromatic N) is 3. The molecule has 6 nitrogen and oxygen atoms in total. The normalized spacial score (nSPS) is 32.7. The van der Waals surface area contributed by atoms with Crippen molar-refractivity contribution >= 4 is 13.0 Å². The molecule has 0 unspecified atom stereocenters. The second kappa shape index (κ2) is 6.82. The lowest BCUT2D eigenvalue weighted by Crippen LogP contribution is -2.74. The molecular formula is C14H23BF3N3O3. The van der Waals surface area contributed by atoms with Crippen LogP contribution in [0.25, 0.3) is 0 Å². The molecule has 3 atom stereocenters. The summed E-state index contributed by atoms with van der Waals surface area (Å²) in [5.74, 6) is -1.78. The molecule has 0 aromatic heterocycles. The van der Waals surface area contributed by atoms with Crippen molar-refractivity contribution in [2.75, 3.05) is 39.4 Å². The molecule has 136 valence electrons. The standard InChI is InChI=1S/C14H23BF3N3O3/c1-15(23)21-7-6-20(13(22)14(16,17)18)12-10(8-24-9-11(12)21)19-4-2-3-5-19/h10-12,23H,2-9H2,1H3/t10-,11+,12+/m0/s1. The number of hydrogen-bond donors (Lipinski definition) is 1. The molecule has 24 heavy (non-hydrogen) atoms. The van der Waals surface area contributed by atoms with E-state index in [4.69, 9.17) is 4.74 Å². The minimum absolute atomic E-state index is 0.0330. The van der Waals surface area contributed by atoms with E-state index in [0.29, 0.717) is 6.61 Å². The molecule has 3 heterocycles. The lowest BCUT2D eigenvalue weighted by molar-refractivity contribution is -0.197. The summed E-state index contributed by atoms with van der Waals surface area (Å²) in [7, 11) is -0.790. The molecule has 3 fully saturated rings. The monoisotopic (exact) mass is 349 g/mol. The molecule has 3 aliphatic rings. The second-order valence-electron chi connectivity index (χ2n) is 6.77. The van der Waals surface area contributed by atoms with Crippen molar-refractivity contribution in [1.29, 1.82) is 0 Å². The minimum atomic E-state index is -4.88. The summed E-state index contributed by atoms with van der Waals surface area (Å²) in [4.78, 5) is 16.8. The van der Waals surface area contributed by atoms with E-state index in [-0.39, 0.29) is 25.7 Å². The maximum atomic E-state index is 13.1. The van der Waals surface area contributed by atoms with Gasteiger partial charge in [-0.05, 0) is 32.8 Å². The van der Waals surface area contributed by atoms with Gasteiger partial charge in [0.2, 0.25) is 0 Å². The van der Waals surface area contributed by atoms with Crippen molar-refractivity contribution in [3.8, 4) is 0 Å².